The van der Waals surface area contributed by atoms with Gasteiger partial charge in [-0.1, -0.05) is 24.3 Å². The first-order valence-electron chi connectivity index (χ1n) is 8.93. The molecule has 7 nitrogen and oxygen atoms in total. The topological polar surface area (TPSA) is 86.0 Å². The van der Waals surface area contributed by atoms with E-state index >= 15 is 0 Å². The number of para-hydroxylation sites is 3. The van der Waals surface area contributed by atoms with E-state index in [4.69, 9.17) is 13.9 Å². The molecule has 1 aliphatic heterocycles. The molecule has 1 N–H and O–H groups in total. The smallest absolute Gasteiger partial charge is 0.284 e. The number of ether oxygens (including phenoxy) is 2. The Morgan fingerprint density at radius 3 is 2.83 bits per heavy atom. The molecule has 3 heterocycles. The zero-order valence-corrected chi connectivity index (χ0v) is 15.9. The molecule has 0 saturated heterocycles. The van der Waals surface area contributed by atoms with Crippen molar-refractivity contribution in [3.63, 3.8) is 0 Å². The first kappa shape index (κ1) is 17.4. The molecule has 0 unspecified atom stereocenters. The number of thiazole rings is 1. The molecular formula is C21H15N3O4S. The van der Waals surface area contributed by atoms with Gasteiger partial charge in [-0.15, -0.1) is 11.3 Å². The highest BCUT2D eigenvalue weighted by Crippen LogP contribution is 2.31. The Balaban J connectivity index is 1.23. The number of hydrogen-bond acceptors (Lipinski definition) is 7. The van der Waals surface area contributed by atoms with Crippen molar-refractivity contribution in [3.8, 4) is 22.3 Å². The Bertz CT molecular complexity index is 1180. The summed E-state index contributed by atoms with van der Waals surface area (Å²) < 4.78 is 18.0. The van der Waals surface area contributed by atoms with Crippen molar-refractivity contribution in [3.05, 3.63) is 66.4 Å². The van der Waals surface area contributed by atoms with Crippen molar-refractivity contribution in [1.29, 1.82) is 0 Å². The fraction of sp³-hybridized carbons (Fsp3) is 0.0952. The van der Waals surface area contributed by atoms with Gasteiger partial charge in [0.2, 0.25) is 6.10 Å². The highest BCUT2D eigenvalue weighted by Gasteiger charge is 2.27. The maximum atomic E-state index is 12.3. The Morgan fingerprint density at radius 1 is 1.10 bits per heavy atom. The second-order valence-corrected chi connectivity index (χ2v) is 7.32. The van der Waals surface area contributed by atoms with Gasteiger partial charge >= 0.3 is 0 Å². The summed E-state index contributed by atoms with van der Waals surface area (Å²) in [5.41, 5.74) is 3.39. The number of nitrogens with zero attached hydrogens (tertiary/aromatic N) is 2. The zero-order valence-electron chi connectivity index (χ0n) is 15.1. The third-order valence-electron chi connectivity index (χ3n) is 4.30. The maximum Gasteiger partial charge on any atom is 0.284 e. The lowest BCUT2D eigenvalue weighted by Crippen LogP contribution is -2.42. The minimum absolute atomic E-state index is 0.126. The first-order chi connectivity index (χ1) is 14.3. The molecular weight excluding hydrogens is 390 g/mol. The average Bonchev–Trinajstić information content (AvgIpc) is 3.40. The quantitative estimate of drug-likeness (QED) is 0.412. The second-order valence-electron chi connectivity index (χ2n) is 6.29. The number of hydrazone groups is 1. The summed E-state index contributed by atoms with van der Waals surface area (Å²) in [6.45, 7) is 0.126. The summed E-state index contributed by atoms with van der Waals surface area (Å²) in [7, 11) is 0. The predicted molar refractivity (Wildman–Crippen MR) is 109 cm³/mol. The number of furan rings is 1. The number of benzene rings is 2. The standard InChI is InChI=1S/C21H15N3O4S/c25-20(18-12-26-15-6-2-3-7-16(15)28-18)24-22-11-13-9-10-17(27-13)21-23-14-5-1-4-8-19(14)29-21/h1-11,18H,12H2,(H,24,25)/b22-11-/t18-/m1/s1. The van der Waals surface area contributed by atoms with Crippen LogP contribution in [0.15, 0.2) is 70.2 Å². The monoisotopic (exact) mass is 405 g/mol. The van der Waals surface area contributed by atoms with Crippen molar-refractivity contribution in [2.24, 2.45) is 5.10 Å². The van der Waals surface area contributed by atoms with Crippen molar-refractivity contribution in [2.45, 2.75) is 6.10 Å². The number of rotatable bonds is 4. The fourth-order valence-electron chi connectivity index (χ4n) is 2.90. The Hall–Kier alpha value is -3.65. The van der Waals surface area contributed by atoms with Gasteiger partial charge in [0.1, 0.15) is 12.4 Å². The zero-order chi connectivity index (χ0) is 19.6. The van der Waals surface area contributed by atoms with E-state index in [2.05, 4.69) is 15.5 Å². The number of nitrogens with one attached hydrogen (secondary N) is 1. The van der Waals surface area contributed by atoms with E-state index in [-0.39, 0.29) is 6.61 Å². The Labute approximate surface area is 169 Å². The maximum absolute atomic E-state index is 12.3. The van der Waals surface area contributed by atoms with Gasteiger partial charge in [-0.2, -0.15) is 5.10 Å². The molecule has 1 aliphatic rings. The fourth-order valence-corrected chi connectivity index (χ4v) is 3.82. The van der Waals surface area contributed by atoms with Crippen molar-refractivity contribution in [2.75, 3.05) is 6.61 Å². The molecule has 0 aliphatic carbocycles. The molecule has 2 aromatic heterocycles. The highest BCUT2D eigenvalue weighted by atomic mass is 32.1. The molecule has 8 heteroatoms. The summed E-state index contributed by atoms with van der Waals surface area (Å²) in [4.78, 5) is 16.8. The highest BCUT2D eigenvalue weighted by molar-refractivity contribution is 7.21. The summed E-state index contributed by atoms with van der Waals surface area (Å²) >= 11 is 1.56. The van der Waals surface area contributed by atoms with Crippen LogP contribution in [0.4, 0.5) is 0 Å². The molecule has 1 amide bonds. The number of amides is 1. The summed E-state index contributed by atoms with van der Waals surface area (Å²) in [6, 6.07) is 18.7. The number of hydrogen-bond donors (Lipinski definition) is 1. The van der Waals surface area contributed by atoms with E-state index in [1.807, 2.05) is 42.5 Å². The van der Waals surface area contributed by atoms with Gasteiger partial charge in [0.25, 0.3) is 5.91 Å². The van der Waals surface area contributed by atoms with Crippen LogP contribution >= 0.6 is 11.3 Å². The van der Waals surface area contributed by atoms with Gasteiger partial charge in [-0.25, -0.2) is 10.4 Å². The van der Waals surface area contributed by atoms with Crippen LogP contribution < -0.4 is 14.9 Å². The molecule has 2 aromatic carbocycles. The lowest BCUT2D eigenvalue weighted by Gasteiger charge is -2.24. The minimum atomic E-state index is -0.767. The van der Waals surface area contributed by atoms with Crippen LogP contribution in [0.2, 0.25) is 0 Å². The molecule has 144 valence electrons. The van der Waals surface area contributed by atoms with E-state index in [1.54, 1.807) is 29.5 Å². The van der Waals surface area contributed by atoms with Gasteiger partial charge in [-0.3, -0.25) is 4.79 Å². The van der Waals surface area contributed by atoms with Gasteiger partial charge in [0.05, 0.1) is 16.4 Å². The molecule has 29 heavy (non-hydrogen) atoms. The normalized spacial score (nSPS) is 15.7. The van der Waals surface area contributed by atoms with Crippen LogP contribution in [0, 0.1) is 0 Å². The van der Waals surface area contributed by atoms with E-state index in [1.165, 1.54) is 6.21 Å². The molecule has 0 spiro atoms. The van der Waals surface area contributed by atoms with Gasteiger partial charge in [0, 0.05) is 0 Å². The van der Waals surface area contributed by atoms with Crippen LogP contribution in [-0.2, 0) is 4.79 Å². The Kier molecular flexibility index (Phi) is 4.45. The lowest BCUT2D eigenvalue weighted by molar-refractivity contribution is -0.130. The summed E-state index contributed by atoms with van der Waals surface area (Å²) in [6.07, 6.45) is 0.670. The average molecular weight is 405 g/mol. The van der Waals surface area contributed by atoms with Gasteiger partial charge in [-0.05, 0) is 36.4 Å². The number of fused-ring (bicyclic) bond motifs is 2. The van der Waals surface area contributed by atoms with E-state index in [9.17, 15) is 4.79 Å². The van der Waals surface area contributed by atoms with Crippen molar-refractivity contribution >= 4 is 33.7 Å². The molecule has 5 rings (SSSR count). The Morgan fingerprint density at radius 2 is 1.93 bits per heavy atom. The first-order valence-corrected chi connectivity index (χ1v) is 9.75. The van der Waals surface area contributed by atoms with E-state index in [0.29, 0.717) is 23.0 Å². The SMILES string of the molecule is O=C(N/N=C\c1ccc(-c2nc3ccccc3s2)o1)[C@H]1COc2ccccc2O1. The third-order valence-corrected chi connectivity index (χ3v) is 5.35. The van der Waals surface area contributed by atoms with E-state index < -0.39 is 12.0 Å². The van der Waals surface area contributed by atoms with Crippen LogP contribution in [0.3, 0.4) is 0 Å². The molecule has 0 bridgehead atoms. The van der Waals surface area contributed by atoms with Crippen LogP contribution in [0.1, 0.15) is 5.76 Å². The van der Waals surface area contributed by atoms with Crippen LogP contribution in [0.25, 0.3) is 21.0 Å². The minimum Gasteiger partial charge on any atom is -0.485 e. The summed E-state index contributed by atoms with van der Waals surface area (Å²) in [5.74, 6) is 1.92. The molecule has 0 radical (unpaired) electrons. The molecule has 1 atom stereocenters. The molecule has 0 fully saturated rings. The van der Waals surface area contributed by atoms with Crippen LogP contribution in [-0.4, -0.2) is 29.8 Å². The molecule has 4 aromatic rings. The van der Waals surface area contributed by atoms with E-state index in [0.717, 1.165) is 15.2 Å². The lowest BCUT2D eigenvalue weighted by atomic mass is 10.2. The number of carbonyl (C=O) groups is 1. The van der Waals surface area contributed by atoms with Crippen molar-refractivity contribution < 1.29 is 18.7 Å². The largest absolute Gasteiger partial charge is 0.485 e. The van der Waals surface area contributed by atoms with Gasteiger partial charge < -0.3 is 13.9 Å². The summed E-state index contributed by atoms with van der Waals surface area (Å²) in [5, 5.41) is 4.74. The number of carbonyl (C=O) groups excluding carboxylic acids is 1. The van der Waals surface area contributed by atoms with Crippen molar-refractivity contribution in [1.82, 2.24) is 10.4 Å². The molecule has 0 saturated carbocycles. The second kappa shape index (κ2) is 7.40. The third kappa shape index (κ3) is 3.57. The number of aromatic nitrogens is 1. The van der Waals surface area contributed by atoms with Crippen LogP contribution in [0.5, 0.6) is 11.5 Å². The predicted octanol–water partition coefficient (Wildman–Crippen LogP) is 3.85. The van der Waals surface area contributed by atoms with Gasteiger partial charge in [0.15, 0.2) is 22.3 Å².